The van der Waals surface area contributed by atoms with E-state index in [-0.39, 0.29) is 0 Å². The Bertz CT molecular complexity index is 1450. The van der Waals surface area contributed by atoms with Gasteiger partial charge in [0, 0.05) is 10.7 Å². The summed E-state index contributed by atoms with van der Waals surface area (Å²) in [7, 11) is 0. The Morgan fingerprint density at radius 1 is 0.560 bits per heavy atom. The van der Waals surface area contributed by atoms with E-state index in [4.69, 9.17) is 4.52 Å². The highest BCUT2D eigenvalue weighted by Gasteiger charge is 2.11. The van der Waals surface area contributed by atoms with E-state index in [1.54, 1.807) is 0 Å². The summed E-state index contributed by atoms with van der Waals surface area (Å²) in [6.07, 6.45) is 0. The second-order valence-electron chi connectivity index (χ2n) is 6.39. The molecule has 0 saturated carbocycles. The lowest BCUT2D eigenvalue weighted by Gasteiger charge is -2.09. The van der Waals surface area contributed by atoms with Gasteiger partial charge in [0.15, 0.2) is 5.58 Å². The lowest BCUT2D eigenvalue weighted by atomic mass is 9.94. The van der Waals surface area contributed by atoms with Gasteiger partial charge in [-0.3, -0.25) is 0 Å². The minimum atomic E-state index is 0.721. The summed E-state index contributed by atoms with van der Waals surface area (Å²) in [5.41, 5.74) is 1.54. The van der Waals surface area contributed by atoms with Gasteiger partial charge in [-0.05, 0) is 43.8 Å². The van der Waals surface area contributed by atoms with E-state index in [1.165, 1.54) is 32.3 Å². The Kier molecular flexibility index (Phi) is 2.35. The van der Waals surface area contributed by atoms with Gasteiger partial charge in [0.25, 0.3) is 0 Å². The summed E-state index contributed by atoms with van der Waals surface area (Å²) in [4.78, 5) is 0. The van der Waals surface area contributed by atoms with Gasteiger partial charge in [-0.1, -0.05) is 66.7 Å². The van der Waals surface area contributed by atoms with Crippen LogP contribution < -0.4 is 0 Å². The third-order valence-electron chi connectivity index (χ3n) is 5.12. The summed E-state index contributed by atoms with van der Waals surface area (Å²) in [5.74, 6) is 0. The van der Waals surface area contributed by atoms with Gasteiger partial charge in [0.2, 0.25) is 0 Å². The molecule has 0 aliphatic heterocycles. The molecule has 0 aliphatic rings. The first kappa shape index (κ1) is 12.9. The fourth-order valence-corrected chi connectivity index (χ4v) is 3.97. The van der Waals surface area contributed by atoms with Gasteiger partial charge in [0.1, 0.15) is 5.52 Å². The van der Waals surface area contributed by atoms with Crippen molar-refractivity contribution in [3.05, 3.63) is 72.8 Å². The van der Waals surface area contributed by atoms with Crippen molar-refractivity contribution >= 4 is 54.2 Å². The minimum Gasteiger partial charge on any atom is -0.337 e. The first-order chi connectivity index (χ1) is 12.4. The van der Waals surface area contributed by atoms with E-state index in [0.717, 1.165) is 21.9 Å². The van der Waals surface area contributed by atoms with Crippen LogP contribution in [0.3, 0.4) is 0 Å². The molecule has 0 unspecified atom stereocenters. The molecule has 6 rings (SSSR count). The highest BCUT2D eigenvalue weighted by Crippen LogP contribution is 2.36. The van der Waals surface area contributed by atoms with Gasteiger partial charge in [-0.15, -0.1) is 5.10 Å². The van der Waals surface area contributed by atoms with Crippen molar-refractivity contribution in [2.24, 2.45) is 0 Å². The summed E-state index contributed by atoms with van der Waals surface area (Å²) in [5, 5.41) is 17.7. The molecular weight excluding hydrogens is 308 g/mol. The van der Waals surface area contributed by atoms with Crippen molar-refractivity contribution in [2.75, 3.05) is 0 Å². The van der Waals surface area contributed by atoms with Crippen molar-refractivity contribution < 1.29 is 4.52 Å². The van der Waals surface area contributed by atoms with E-state index in [9.17, 15) is 0 Å². The molecule has 116 valence electrons. The third kappa shape index (κ3) is 1.64. The fraction of sp³-hybridized carbons (Fsp3) is 0. The first-order valence-corrected chi connectivity index (χ1v) is 8.28. The van der Waals surface area contributed by atoms with E-state index >= 15 is 0 Å². The zero-order valence-electron chi connectivity index (χ0n) is 13.2. The monoisotopic (exact) mass is 320 g/mol. The van der Waals surface area contributed by atoms with Gasteiger partial charge >= 0.3 is 0 Å². The number of fused-ring (bicyclic) bond motifs is 9. The Balaban J connectivity index is 1.89. The SMILES string of the molecule is c1ccc2c(c1)ccc1c2ccc2c1ccc1ccc3onnc3c12. The molecule has 25 heavy (non-hydrogen) atoms. The van der Waals surface area contributed by atoms with Crippen LogP contribution in [0, 0.1) is 0 Å². The Labute approximate surface area is 142 Å². The number of rotatable bonds is 0. The normalized spacial score (nSPS) is 12.0. The zero-order chi connectivity index (χ0) is 16.4. The highest BCUT2D eigenvalue weighted by molar-refractivity contribution is 6.25. The van der Waals surface area contributed by atoms with Gasteiger partial charge in [-0.2, -0.15) is 0 Å². The number of benzene rings is 5. The largest absolute Gasteiger partial charge is 0.337 e. The first-order valence-electron chi connectivity index (χ1n) is 8.28. The van der Waals surface area contributed by atoms with Crippen LogP contribution in [0.25, 0.3) is 54.2 Å². The van der Waals surface area contributed by atoms with Crippen LogP contribution in [0.1, 0.15) is 0 Å². The molecule has 6 aromatic rings. The lowest BCUT2D eigenvalue weighted by Crippen LogP contribution is -1.84. The van der Waals surface area contributed by atoms with E-state index < -0.39 is 0 Å². The predicted molar refractivity (Wildman–Crippen MR) is 102 cm³/mol. The van der Waals surface area contributed by atoms with Gasteiger partial charge < -0.3 is 4.52 Å². The standard InChI is InChI=1S/C22H12N2O/c1-2-4-15-13(3-1)5-8-17-16(15)10-11-19-18(17)9-6-14-7-12-20-22(21(14)19)23-24-25-20/h1-12H. The molecule has 0 amide bonds. The van der Waals surface area contributed by atoms with E-state index in [1.807, 2.05) is 6.07 Å². The van der Waals surface area contributed by atoms with Gasteiger partial charge in [0.05, 0.1) is 0 Å². The van der Waals surface area contributed by atoms with Crippen LogP contribution in [0.4, 0.5) is 0 Å². The van der Waals surface area contributed by atoms with Crippen LogP contribution in [-0.4, -0.2) is 10.4 Å². The molecule has 0 bridgehead atoms. The second kappa shape index (κ2) is 4.54. The molecule has 3 nitrogen and oxygen atoms in total. The molecule has 0 radical (unpaired) electrons. The molecule has 5 aromatic carbocycles. The van der Waals surface area contributed by atoms with Crippen LogP contribution in [0.15, 0.2) is 77.3 Å². The number of hydrogen-bond acceptors (Lipinski definition) is 3. The predicted octanol–water partition coefficient (Wildman–Crippen LogP) is 5.84. The topological polar surface area (TPSA) is 38.9 Å². The Morgan fingerprint density at radius 3 is 2.20 bits per heavy atom. The van der Waals surface area contributed by atoms with Crippen molar-refractivity contribution in [1.29, 1.82) is 0 Å². The molecule has 3 heteroatoms. The minimum absolute atomic E-state index is 0.721. The maximum atomic E-state index is 5.26. The second-order valence-corrected chi connectivity index (χ2v) is 6.39. The summed E-state index contributed by atoms with van der Waals surface area (Å²) in [6, 6.07) is 25.7. The molecule has 0 aliphatic carbocycles. The maximum Gasteiger partial charge on any atom is 0.188 e. The molecule has 0 N–H and O–H groups in total. The molecule has 1 aromatic heterocycles. The average Bonchev–Trinajstić information content (AvgIpc) is 3.15. The Hall–Kier alpha value is -3.46. The maximum absolute atomic E-state index is 5.26. The quantitative estimate of drug-likeness (QED) is 0.330. The van der Waals surface area contributed by atoms with Crippen LogP contribution in [0.5, 0.6) is 0 Å². The molecular formula is C22H12N2O. The third-order valence-corrected chi connectivity index (χ3v) is 5.12. The van der Waals surface area contributed by atoms with Crippen LogP contribution in [-0.2, 0) is 0 Å². The summed E-state index contributed by atoms with van der Waals surface area (Å²) < 4.78 is 5.26. The number of aromatic nitrogens is 2. The molecule has 0 atom stereocenters. The Morgan fingerprint density at radius 2 is 1.24 bits per heavy atom. The number of nitrogens with zero attached hydrogens (tertiary/aromatic N) is 2. The molecule has 0 fully saturated rings. The van der Waals surface area contributed by atoms with E-state index in [2.05, 4.69) is 77.1 Å². The smallest absolute Gasteiger partial charge is 0.188 e. The number of hydrogen-bond donors (Lipinski definition) is 0. The van der Waals surface area contributed by atoms with Gasteiger partial charge in [-0.25, -0.2) is 0 Å². The lowest BCUT2D eigenvalue weighted by molar-refractivity contribution is 0.424. The van der Waals surface area contributed by atoms with E-state index in [0.29, 0.717) is 0 Å². The molecule has 0 saturated heterocycles. The fourth-order valence-electron chi connectivity index (χ4n) is 3.97. The average molecular weight is 320 g/mol. The van der Waals surface area contributed by atoms with Crippen molar-refractivity contribution in [3.63, 3.8) is 0 Å². The zero-order valence-corrected chi connectivity index (χ0v) is 13.2. The summed E-state index contributed by atoms with van der Waals surface area (Å²) >= 11 is 0. The highest BCUT2D eigenvalue weighted by atomic mass is 16.5. The van der Waals surface area contributed by atoms with Crippen molar-refractivity contribution in [2.45, 2.75) is 0 Å². The van der Waals surface area contributed by atoms with Crippen molar-refractivity contribution in [3.8, 4) is 0 Å². The van der Waals surface area contributed by atoms with Crippen LogP contribution in [0.2, 0.25) is 0 Å². The molecule has 0 spiro atoms. The molecule has 1 heterocycles. The van der Waals surface area contributed by atoms with Crippen molar-refractivity contribution in [1.82, 2.24) is 10.4 Å². The van der Waals surface area contributed by atoms with Crippen LogP contribution >= 0.6 is 0 Å². The summed E-state index contributed by atoms with van der Waals surface area (Å²) in [6.45, 7) is 0.